The summed E-state index contributed by atoms with van der Waals surface area (Å²) in [6.07, 6.45) is 3.15. The number of rotatable bonds is 2. The normalized spacial score (nSPS) is 9.92. The van der Waals surface area contributed by atoms with E-state index in [1.54, 1.807) is 12.3 Å². The topological polar surface area (TPSA) is 63.6 Å². The van der Waals surface area contributed by atoms with Gasteiger partial charge in [-0.3, -0.25) is 0 Å². The van der Waals surface area contributed by atoms with Crippen LogP contribution in [-0.4, -0.2) is 26.4 Å². The molecule has 0 saturated carbocycles. The Balaban J connectivity index is 2.36. The molecular weight excluding hydrogens is 186 g/mol. The van der Waals surface area contributed by atoms with E-state index in [2.05, 4.69) is 24.6 Å². The van der Waals surface area contributed by atoms with E-state index in [0.29, 0.717) is 5.82 Å². The Morgan fingerprint density at radius 3 is 3.00 bits per heavy atom. The fourth-order valence-electron chi connectivity index (χ4n) is 0.852. The van der Waals surface area contributed by atoms with Crippen molar-refractivity contribution in [2.45, 2.75) is 0 Å². The van der Waals surface area contributed by atoms with Crippen molar-refractivity contribution in [1.82, 2.24) is 19.3 Å². The Hall–Kier alpha value is -1.56. The second-order valence-electron chi connectivity index (χ2n) is 2.27. The van der Waals surface area contributed by atoms with Crippen LogP contribution in [0.15, 0.2) is 18.6 Å². The van der Waals surface area contributed by atoms with E-state index in [1.807, 2.05) is 7.05 Å². The number of aromatic nitrogens is 4. The lowest BCUT2D eigenvalue weighted by atomic mass is 10.4. The van der Waals surface area contributed by atoms with Gasteiger partial charge in [-0.15, -0.1) is 0 Å². The van der Waals surface area contributed by atoms with Gasteiger partial charge in [0, 0.05) is 24.8 Å². The van der Waals surface area contributed by atoms with Gasteiger partial charge in [0.1, 0.15) is 12.0 Å². The Kier molecular flexibility index (Phi) is 2.13. The van der Waals surface area contributed by atoms with E-state index in [0.717, 1.165) is 10.8 Å². The third-order valence-electron chi connectivity index (χ3n) is 1.45. The first-order valence-electron chi connectivity index (χ1n) is 3.68. The highest BCUT2D eigenvalue weighted by atomic mass is 32.1. The molecule has 0 bridgehead atoms. The number of hydrogen-bond donors (Lipinski definition) is 1. The summed E-state index contributed by atoms with van der Waals surface area (Å²) in [7, 11) is 1.81. The van der Waals surface area contributed by atoms with Crippen LogP contribution >= 0.6 is 11.5 Å². The van der Waals surface area contributed by atoms with Gasteiger partial charge in [-0.25, -0.2) is 9.97 Å². The maximum absolute atomic E-state index is 4.20. The maximum atomic E-state index is 4.20. The van der Waals surface area contributed by atoms with Crippen LogP contribution in [0.4, 0.5) is 5.13 Å². The summed E-state index contributed by atoms with van der Waals surface area (Å²) >= 11 is 1.31. The van der Waals surface area contributed by atoms with Gasteiger partial charge in [0.2, 0.25) is 5.13 Å². The molecule has 5 nitrogen and oxygen atoms in total. The first kappa shape index (κ1) is 8.06. The van der Waals surface area contributed by atoms with Gasteiger partial charge in [0.25, 0.3) is 0 Å². The average molecular weight is 193 g/mol. The minimum absolute atomic E-state index is 0.636. The summed E-state index contributed by atoms with van der Waals surface area (Å²) in [4.78, 5) is 12.1. The zero-order chi connectivity index (χ0) is 9.10. The van der Waals surface area contributed by atoms with Crippen molar-refractivity contribution < 1.29 is 0 Å². The molecule has 0 spiro atoms. The van der Waals surface area contributed by atoms with E-state index in [4.69, 9.17) is 0 Å². The molecule has 6 heteroatoms. The summed E-state index contributed by atoms with van der Waals surface area (Å²) in [5.74, 6) is 0.636. The number of hydrogen-bond acceptors (Lipinski definition) is 6. The predicted molar refractivity (Wildman–Crippen MR) is 50.5 cm³/mol. The highest BCUT2D eigenvalue weighted by molar-refractivity contribution is 7.09. The minimum Gasteiger partial charge on any atom is -0.363 e. The van der Waals surface area contributed by atoms with Crippen molar-refractivity contribution in [3.05, 3.63) is 18.6 Å². The molecule has 0 aromatic carbocycles. The van der Waals surface area contributed by atoms with E-state index >= 15 is 0 Å². The van der Waals surface area contributed by atoms with Gasteiger partial charge in [-0.05, 0) is 6.07 Å². The molecule has 0 saturated heterocycles. The molecule has 2 aromatic rings. The van der Waals surface area contributed by atoms with Crippen molar-refractivity contribution in [1.29, 1.82) is 0 Å². The van der Waals surface area contributed by atoms with Crippen LogP contribution in [-0.2, 0) is 0 Å². The molecule has 0 aliphatic rings. The first-order valence-corrected chi connectivity index (χ1v) is 4.45. The lowest BCUT2D eigenvalue weighted by molar-refractivity contribution is 1.14. The second kappa shape index (κ2) is 3.44. The number of anilines is 1. The quantitative estimate of drug-likeness (QED) is 0.772. The Morgan fingerprint density at radius 1 is 1.46 bits per heavy atom. The van der Waals surface area contributed by atoms with Gasteiger partial charge in [-0.1, -0.05) is 0 Å². The number of nitrogens with one attached hydrogen (secondary N) is 1. The van der Waals surface area contributed by atoms with Crippen LogP contribution in [0.1, 0.15) is 0 Å². The average Bonchev–Trinajstić information content (AvgIpc) is 2.67. The SMILES string of the molecule is CNc1nc(-c2ccncn2)ns1. The van der Waals surface area contributed by atoms with Gasteiger partial charge in [-0.2, -0.15) is 9.36 Å². The zero-order valence-corrected chi connectivity index (χ0v) is 7.75. The monoisotopic (exact) mass is 193 g/mol. The summed E-state index contributed by atoms with van der Waals surface area (Å²) in [5.41, 5.74) is 0.743. The molecule has 2 aromatic heterocycles. The number of nitrogens with zero attached hydrogens (tertiary/aromatic N) is 4. The van der Waals surface area contributed by atoms with E-state index < -0.39 is 0 Å². The van der Waals surface area contributed by atoms with Crippen molar-refractivity contribution >= 4 is 16.7 Å². The van der Waals surface area contributed by atoms with E-state index in [9.17, 15) is 0 Å². The molecule has 0 radical (unpaired) electrons. The fraction of sp³-hybridized carbons (Fsp3) is 0.143. The lowest BCUT2D eigenvalue weighted by Gasteiger charge is -1.90. The third kappa shape index (κ3) is 1.62. The Labute approximate surface area is 79.1 Å². The molecule has 0 fully saturated rings. The van der Waals surface area contributed by atoms with Crippen LogP contribution in [0.5, 0.6) is 0 Å². The van der Waals surface area contributed by atoms with Crippen LogP contribution in [0, 0.1) is 0 Å². The smallest absolute Gasteiger partial charge is 0.202 e. The molecule has 1 N–H and O–H groups in total. The predicted octanol–water partition coefficient (Wildman–Crippen LogP) is 1.04. The molecule has 66 valence electrons. The molecule has 0 aliphatic carbocycles. The first-order chi connectivity index (χ1) is 6.40. The fourth-order valence-corrected chi connectivity index (χ4v) is 1.38. The highest BCUT2D eigenvalue weighted by Crippen LogP contribution is 2.17. The highest BCUT2D eigenvalue weighted by Gasteiger charge is 2.05. The molecule has 0 unspecified atom stereocenters. The molecule has 0 amide bonds. The molecule has 2 heterocycles. The van der Waals surface area contributed by atoms with Gasteiger partial charge in [0.05, 0.1) is 0 Å². The molecule has 0 aliphatic heterocycles. The van der Waals surface area contributed by atoms with Crippen LogP contribution in [0.3, 0.4) is 0 Å². The minimum atomic E-state index is 0.636. The Morgan fingerprint density at radius 2 is 2.38 bits per heavy atom. The summed E-state index contributed by atoms with van der Waals surface area (Å²) in [5, 5.41) is 3.70. The molecular formula is C7H7N5S. The summed E-state index contributed by atoms with van der Waals surface area (Å²) in [6.45, 7) is 0. The van der Waals surface area contributed by atoms with E-state index in [-0.39, 0.29) is 0 Å². The van der Waals surface area contributed by atoms with Crippen LogP contribution in [0.25, 0.3) is 11.5 Å². The van der Waals surface area contributed by atoms with Crippen molar-refractivity contribution in [3.63, 3.8) is 0 Å². The standard InChI is InChI=1S/C7H7N5S/c1-8-7-11-6(12-13-7)5-2-3-9-4-10-5/h2-4H,1H3,(H,8,11,12). The van der Waals surface area contributed by atoms with Crippen molar-refractivity contribution in [3.8, 4) is 11.5 Å². The summed E-state index contributed by atoms with van der Waals surface area (Å²) < 4.78 is 4.14. The maximum Gasteiger partial charge on any atom is 0.202 e. The van der Waals surface area contributed by atoms with Crippen LogP contribution < -0.4 is 5.32 Å². The van der Waals surface area contributed by atoms with Gasteiger partial charge >= 0.3 is 0 Å². The Bertz CT molecular complexity index is 385. The molecule has 0 atom stereocenters. The third-order valence-corrected chi connectivity index (χ3v) is 2.18. The van der Waals surface area contributed by atoms with E-state index in [1.165, 1.54) is 17.9 Å². The van der Waals surface area contributed by atoms with Gasteiger partial charge < -0.3 is 5.32 Å². The molecule has 13 heavy (non-hydrogen) atoms. The largest absolute Gasteiger partial charge is 0.363 e. The lowest BCUT2D eigenvalue weighted by Crippen LogP contribution is -1.88. The zero-order valence-electron chi connectivity index (χ0n) is 6.93. The van der Waals surface area contributed by atoms with Crippen LogP contribution in [0.2, 0.25) is 0 Å². The molecule has 2 rings (SSSR count). The summed E-state index contributed by atoms with van der Waals surface area (Å²) in [6, 6.07) is 1.78. The van der Waals surface area contributed by atoms with Crippen molar-refractivity contribution in [2.75, 3.05) is 12.4 Å². The van der Waals surface area contributed by atoms with Crippen molar-refractivity contribution in [2.24, 2.45) is 0 Å². The second-order valence-corrected chi connectivity index (χ2v) is 3.02. The van der Waals surface area contributed by atoms with Gasteiger partial charge in [0.15, 0.2) is 5.82 Å².